The molecule has 0 atom stereocenters. The molecule has 1 fully saturated rings. The van der Waals surface area contributed by atoms with Gasteiger partial charge in [-0.15, -0.1) is 0 Å². The molecule has 32 heavy (non-hydrogen) atoms. The van der Waals surface area contributed by atoms with Crippen LogP contribution in [0.1, 0.15) is 17.5 Å². The summed E-state index contributed by atoms with van der Waals surface area (Å²) in [6, 6.07) is 15.6. The molecule has 1 N–H and O–H groups in total. The number of benzene rings is 2. The number of non-ortho nitro benzene ring substituents is 1. The summed E-state index contributed by atoms with van der Waals surface area (Å²) in [6.07, 6.45) is 1.59. The van der Waals surface area contributed by atoms with Crippen LogP contribution in [0.2, 0.25) is 0 Å². The van der Waals surface area contributed by atoms with E-state index in [2.05, 4.69) is 9.62 Å². The third-order valence-electron chi connectivity index (χ3n) is 5.13. The lowest BCUT2D eigenvalue weighted by molar-refractivity contribution is -0.384. The highest BCUT2D eigenvalue weighted by atomic mass is 32.2. The van der Waals surface area contributed by atoms with Gasteiger partial charge in [-0.1, -0.05) is 42.5 Å². The van der Waals surface area contributed by atoms with Gasteiger partial charge in [0.2, 0.25) is 15.9 Å². The molecule has 0 aromatic heterocycles. The van der Waals surface area contributed by atoms with Gasteiger partial charge in [-0.05, 0) is 17.2 Å². The number of hydrogen-bond acceptors (Lipinski definition) is 6. The third-order valence-corrected chi connectivity index (χ3v) is 6.23. The molecule has 10 heteroatoms. The molecule has 0 radical (unpaired) electrons. The first kappa shape index (κ1) is 23.6. The van der Waals surface area contributed by atoms with E-state index in [1.807, 2.05) is 24.3 Å². The smallest absolute Gasteiger partial charge is 0.269 e. The fourth-order valence-corrected chi connectivity index (χ4v) is 4.24. The van der Waals surface area contributed by atoms with Gasteiger partial charge in [0.1, 0.15) is 0 Å². The molecule has 9 nitrogen and oxygen atoms in total. The van der Waals surface area contributed by atoms with E-state index in [-0.39, 0.29) is 24.6 Å². The summed E-state index contributed by atoms with van der Waals surface area (Å²) >= 11 is 0. The molecule has 1 heterocycles. The topological polar surface area (TPSA) is 113 Å². The largest absolute Gasteiger partial charge is 0.340 e. The van der Waals surface area contributed by atoms with Gasteiger partial charge in [0.25, 0.3) is 5.69 Å². The Bertz CT molecular complexity index is 1060. The summed E-state index contributed by atoms with van der Waals surface area (Å²) in [6.45, 7) is 2.99. The van der Waals surface area contributed by atoms with Crippen molar-refractivity contribution in [3.63, 3.8) is 0 Å². The number of amides is 1. The Balaban J connectivity index is 1.40. The summed E-state index contributed by atoms with van der Waals surface area (Å²) in [5, 5.41) is 12.0. The molecule has 1 aliphatic heterocycles. The molecular weight excluding hydrogens is 432 g/mol. The number of nitrogens with one attached hydrogen (secondary N) is 1. The van der Waals surface area contributed by atoms with Crippen molar-refractivity contribution in [1.29, 1.82) is 0 Å². The lowest BCUT2D eigenvalue weighted by atomic mass is 10.1. The average molecular weight is 459 g/mol. The van der Waals surface area contributed by atoms with Gasteiger partial charge in [-0.25, -0.2) is 13.1 Å². The highest BCUT2D eigenvalue weighted by Crippen LogP contribution is 2.16. The Morgan fingerprint density at radius 2 is 1.78 bits per heavy atom. The normalized spacial score (nSPS) is 15.2. The van der Waals surface area contributed by atoms with Gasteiger partial charge < -0.3 is 4.90 Å². The second-order valence-electron chi connectivity index (χ2n) is 7.49. The van der Waals surface area contributed by atoms with Crippen LogP contribution in [0.15, 0.2) is 60.0 Å². The van der Waals surface area contributed by atoms with E-state index < -0.39 is 14.9 Å². The van der Waals surface area contributed by atoms with Crippen molar-refractivity contribution in [3.05, 3.63) is 81.2 Å². The van der Waals surface area contributed by atoms with Gasteiger partial charge >= 0.3 is 0 Å². The molecule has 3 rings (SSSR count). The van der Waals surface area contributed by atoms with Crippen LogP contribution in [0.4, 0.5) is 5.69 Å². The molecular formula is C22H26N4O5S. The minimum atomic E-state index is -3.62. The zero-order valence-corrected chi connectivity index (χ0v) is 18.4. The first-order chi connectivity index (χ1) is 15.3. The van der Waals surface area contributed by atoms with Crippen molar-refractivity contribution in [2.75, 3.05) is 32.7 Å². The SMILES string of the molecule is O=C(CCNS(=O)(=O)/C=C/c1ccccc1)N1CCN(Cc2cccc([N+](=O)[O-])c2)CC1. The van der Waals surface area contributed by atoms with Crippen molar-refractivity contribution in [2.24, 2.45) is 0 Å². The molecule has 0 aliphatic carbocycles. The second kappa shape index (κ2) is 11.0. The summed E-state index contributed by atoms with van der Waals surface area (Å²) in [4.78, 5) is 26.8. The van der Waals surface area contributed by atoms with E-state index in [0.29, 0.717) is 32.7 Å². The van der Waals surface area contributed by atoms with E-state index in [1.165, 1.54) is 12.1 Å². The fraction of sp³-hybridized carbons (Fsp3) is 0.318. The summed E-state index contributed by atoms with van der Waals surface area (Å²) in [5.41, 5.74) is 1.70. The number of piperazine rings is 1. The quantitative estimate of drug-likeness (QED) is 0.455. The van der Waals surface area contributed by atoms with Crippen LogP contribution < -0.4 is 4.72 Å². The van der Waals surface area contributed by atoms with E-state index in [9.17, 15) is 23.3 Å². The van der Waals surface area contributed by atoms with Gasteiger partial charge in [-0.3, -0.25) is 19.8 Å². The standard InChI is InChI=1S/C22H26N4O5S/c27-22(9-11-23-32(30,31)16-10-19-5-2-1-3-6-19)25-14-12-24(13-15-25)18-20-7-4-8-21(17-20)26(28)29/h1-8,10,16-17,23H,9,11-15,18H2/b16-10+. The van der Waals surface area contributed by atoms with E-state index in [0.717, 1.165) is 16.5 Å². The predicted octanol–water partition coefficient (Wildman–Crippen LogP) is 2.22. The summed E-state index contributed by atoms with van der Waals surface area (Å²) < 4.78 is 26.6. The molecule has 0 saturated carbocycles. The van der Waals surface area contributed by atoms with Crippen LogP contribution in [0.3, 0.4) is 0 Å². The highest BCUT2D eigenvalue weighted by molar-refractivity contribution is 7.92. The molecule has 1 aliphatic rings. The summed E-state index contributed by atoms with van der Waals surface area (Å²) in [7, 11) is -3.62. The lowest BCUT2D eigenvalue weighted by Crippen LogP contribution is -2.48. The van der Waals surface area contributed by atoms with Gasteiger partial charge in [0.05, 0.1) is 4.92 Å². The molecule has 0 bridgehead atoms. The molecule has 0 unspecified atom stereocenters. The van der Waals surface area contributed by atoms with Crippen molar-refractivity contribution in [3.8, 4) is 0 Å². The van der Waals surface area contributed by atoms with E-state index >= 15 is 0 Å². The van der Waals surface area contributed by atoms with Crippen molar-refractivity contribution in [1.82, 2.24) is 14.5 Å². The minimum absolute atomic E-state index is 0.0359. The van der Waals surface area contributed by atoms with Gasteiger partial charge in [-0.2, -0.15) is 0 Å². The Morgan fingerprint density at radius 3 is 2.47 bits per heavy atom. The van der Waals surface area contributed by atoms with Crippen molar-refractivity contribution in [2.45, 2.75) is 13.0 Å². The minimum Gasteiger partial charge on any atom is -0.340 e. The Labute approximate surface area is 187 Å². The molecule has 1 amide bonds. The number of nitro benzene ring substituents is 1. The fourth-order valence-electron chi connectivity index (χ4n) is 3.42. The third kappa shape index (κ3) is 7.26. The lowest BCUT2D eigenvalue weighted by Gasteiger charge is -2.34. The predicted molar refractivity (Wildman–Crippen MR) is 122 cm³/mol. The molecule has 2 aromatic rings. The van der Waals surface area contributed by atoms with Crippen LogP contribution in [-0.4, -0.2) is 61.8 Å². The summed E-state index contributed by atoms with van der Waals surface area (Å²) in [5.74, 6) is -0.102. The van der Waals surface area contributed by atoms with E-state index in [4.69, 9.17) is 0 Å². The second-order valence-corrected chi connectivity index (χ2v) is 9.14. The first-order valence-corrected chi connectivity index (χ1v) is 11.8. The molecule has 1 saturated heterocycles. The zero-order chi connectivity index (χ0) is 23.0. The van der Waals surface area contributed by atoms with Crippen LogP contribution in [0.25, 0.3) is 6.08 Å². The number of sulfonamides is 1. The van der Waals surface area contributed by atoms with Crippen molar-refractivity contribution >= 4 is 27.7 Å². The van der Waals surface area contributed by atoms with Gasteiger partial charge in [0, 0.05) is 63.2 Å². The Hall–Kier alpha value is -3.08. The maximum atomic E-state index is 12.4. The number of hydrogen-bond donors (Lipinski definition) is 1. The maximum absolute atomic E-state index is 12.4. The van der Waals surface area contributed by atoms with Crippen LogP contribution in [0.5, 0.6) is 0 Å². The van der Waals surface area contributed by atoms with Crippen molar-refractivity contribution < 1.29 is 18.1 Å². The monoisotopic (exact) mass is 458 g/mol. The Morgan fingerprint density at radius 1 is 1.06 bits per heavy atom. The average Bonchev–Trinajstić information content (AvgIpc) is 2.79. The molecule has 2 aromatic carbocycles. The zero-order valence-electron chi connectivity index (χ0n) is 17.6. The Kier molecular flexibility index (Phi) is 8.09. The first-order valence-electron chi connectivity index (χ1n) is 10.3. The number of rotatable bonds is 9. The number of nitro groups is 1. The van der Waals surface area contributed by atoms with Crippen LogP contribution in [-0.2, 0) is 21.4 Å². The van der Waals surface area contributed by atoms with E-state index in [1.54, 1.807) is 29.2 Å². The van der Waals surface area contributed by atoms with Gasteiger partial charge in [0.15, 0.2) is 0 Å². The highest BCUT2D eigenvalue weighted by Gasteiger charge is 2.21. The number of carbonyl (C=O) groups is 1. The van der Waals surface area contributed by atoms with Crippen LogP contribution in [0, 0.1) is 10.1 Å². The van der Waals surface area contributed by atoms with Crippen LogP contribution >= 0.6 is 0 Å². The number of carbonyl (C=O) groups excluding carboxylic acids is 1. The number of nitrogens with zero attached hydrogens (tertiary/aromatic N) is 3. The maximum Gasteiger partial charge on any atom is 0.269 e. The molecule has 170 valence electrons. The molecule has 0 spiro atoms.